The molecule has 0 bridgehead atoms. The summed E-state index contributed by atoms with van der Waals surface area (Å²) in [4.78, 5) is 10.5. The molecule has 0 saturated heterocycles. The number of rotatable bonds is 2. The van der Waals surface area contributed by atoms with Crippen molar-refractivity contribution in [2.24, 2.45) is 5.73 Å². The monoisotopic (exact) mass is 223 g/mol. The number of carbonyl (C=O) groups is 1. The van der Waals surface area contributed by atoms with Gasteiger partial charge in [-0.15, -0.1) is 12.4 Å². The maximum Gasteiger partial charge on any atom is 0.221 e. The fourth-order valence-corrected chi connectivity index (χ4v) is 1.09. The van der Waals surface area contributed by atoms with Crippen molar-refractivity contribution in [3.8, 4) is 0 Å². The van der Waals surface area contributed by atoms with Gasteiger partial charge in [0.05, 0.1) is 6.42 Å². The third kappa shape index (κ3) is 3.61. The van der Waals surface area contributed by atoms with Gasteiger partial charge in [-0.1, -0.05) is 17.7 Å². The van der Waals surface area contributed by atoms with E-state index in [0.717, 1.165) is 6.07 Å². The fourth-order valence-electron chi connectivity index (χ4n) is 0.853. The van der Waals surface area contributed by atoms with Crippen LogP contribution in [0.15, 0.2) is 18.2 Å². The minimum absolute atomic E-state index is 0. The second-order valence-electron chi connectivity index (χ2n) is 2.38. The van der Waals surface area contributed by atoms with Crippen molar-refractivity contribution < 1.29 is 9.18 Å². The third-order valence-corrected chi connectivity index (χ3v) is 1.73. The van der Waals surface area contributed by atoms with Crippen LogP contribution in [0.5, 0.6) is 0 Å². The van der Waals surface area contributed by atoms with Gasteiger partial charge in [-0.2, -0.15) is 0 Å². The van der Waals surface area contributed by atoms with Crippen LogP contribution in [0.3, 0.4) is 0 Å². The molecule has 0 aliphatic rings. The maximum atomic E-state index is 12.5. The molecule has 1 rings (SSSR count). The normalized spacial score (nSPS) is 9.08. The Hall–Kier alpha value is -0.800. The molecule has 5 heteroatoms. The van der Waals surface area contributed by atoms with Crippen molar-refractivity contribution in [2.75, 3.05) is 0 Å². The summed E-state index contributed by atoms with van der Waals surface area (Å²) in [6.07, 6.45) is 0.0408. The van der Waals surface area contributed by atoms with E-state index in [4.69, 9.17) is 17.3 Å². The third-order valence-electron chi connectivity index (χ3n) is 1.38. The Morgan fingerprint density at radius 2 is 2.15 bits per heavy atom. The van der Waals surface area contributed by atoms with Crippen molar-refractivity contribution in [1.29, 1.82) is 0 Å². The largest absolute Gasteiger partial charge is 0.369 e. The summed E-state index contributed by atoms with van der Waals surface area (Å²) in [5.74, 6) is -0.906. The second kappa shape index (κ2) is 5.04. The summed E-state index contributed by atoms with van der Waals surface area (Å²) < 4.78 is 12.5. The van der Waals surface area contributed by atoms with E-state index >= 15 is 0 Å². The van der Waals surface area contributed by atoms with E-state index in [1.807, 2.05) is 0 Å². The van der Waals surface area contributed by atoms with Crippen LogP contribution in [-0.4, -0.2) is 5.91 Å². The van der Waals surface area contributed by atoms with Crippen LogP contribution >= 0.6 is 24.0 Å². The molecule has 1 amide bonds. The van der Waals surface area contributed by atoms with Gasteiger partial charge in [-0.3, -0.25) is 4.79 Å². The predicted octanol–water partition coefficient (Wildman–Crippen LogP) is 1.93. The first kappa shape index (κ1) is 12.2. The average Bonchev–Trinajstić information content (AvgIpc) is 1.94. The highest BCUT2D eigenvalue weighted by Gasteiger charge is 2.04. The summed E-state index contributed by atoms with van der Waals surface area (Å²) in [5.41, 5.74) is 5.49. The quantitative estimate of drug-likeness (QED) is 0.819. The molecule has 0 aromatic heterocycles. The maximum absolute atomic E-state index is 12.5. The number of benzene rings is 1. The lowest BCUT2D eigenvalue weighted by atomic mass is 10.1. The van der Waals surface area contributed by atoms with Gasteiger partial charge < -0.3 is 5.73 Å². The van der Waals surface area contributed by atoms with Crippen LogP contribution in [0.4, 0.5) is 4.39 Å². The van der Waals surface area contributed by atoms with Crippen LogP contribution in [0, 0.1) is 5.82 Å². The zero-order chi connectivity index (χ0) is 9.14. The highest BCUT2D eigenvalue weighted by molar-refractivity contribution is 6.31. The first-order valence-corrected chi connectivity index (χ1v) is 3.69. The Balaban J connectivity index is 0.00000144. The summed E-state index contributed by atoms with van der Waals surface area (Å²) >= 11 is 5.63. The van der Waals surface area contributed by atoms with E-state index in [-0.39, 0.29) is 23.9 Å². The highest BCUT2D eigenvalue weighted by atomic mass is 35.5. The highest BCUT2D eigenvalue weighted by Crippen LogP contribution is 2.17. The topological polar surface area (TPSA) is 43.1 Å². The molecule has 2 nitrogen and oxygen atoms in total. The molecular formula is C8H8Cl2FNO. The van der Waals surface area contributed by atoms with Crippen LogP contribution in [0.1, 0.15) is 5.56 Å². The first-order valence-electron chi connectivity index (χ1n) is 3.32. The number of amides is 1. The first-order chi connectivity index (χ1) is 5.59. The van der Waals surface area contributed by atoms with E-state index in [1.54, 1.807) is 0 Å². The van der Waals surface area contributed by atoms with Gasteiger partial charge in [0.25, 0.3) is 0 Å². The van der Waals surface area contributed by atoms with Crippen molar-refractivity contribution in [1.82, 2.24) is 0 Å². The summed E-state index contributed by atoms with van der Waals surface area (Å²) in [7, 11) is 0. The minimum atomic E-state index is -0.483. The molecule has 0 saturated carbocycles. The Labute approximate surface area is 86.3 Å². The van der Waals surface area contributed by atoms with Crippen LogP contribution in [0.25, 0.3) is 0 Å². The van der Waals surface area contributed by atoms with Crippen molar-refractivity contribution in [2.45, 2.75) is 6.42 Å². The molecule has 0 unspecified atom stereocenters. The standard InChI is InChI=1S/C8H7ClFNO.ClH/c9-7-4-6(10)2-1-5(7)3-8(11)12;/h1-2,4H,3H2,(H2,11,12);1H. The summed E-state index contributed by atoms with van der Waals surface area (Å²) in [6.45, 7) is 0. The number of halogens is 3. The fraction of sp³-hybridized carbons (Fsp3) is 0.125. The molecule has 1 aromatic rings. The van der Waals surface area contributed by atoms with Crippen molar-refractivity contribution >= 4 is 29.9 Å². The smallest absolute Gasteiger partial charge is 0.221 e. The average molecular weight is 224 g/mol. The molecule has 0 spiro atoms. The van der Waals surface area contributed by atoms with Gasteiger partial charge >= 0.3 is 0 Å². The van der Waals surface area contributed by atoms with Crippen molar-refractivity contribution in [3.05, 3.63) is 34.6 Å². The van der Waals surface area contributed by atoms with E-state index in [9.17, 15) is 9.18 Å². The zero-order valence-corrected chi connectivity index (χ0v) is 8.16. The Kier molecular flexibility index (Phi) is 4.73. The molecule has 0 heterocycles. The SMILES string of the molecule is Cl.NC(=O)Cc1ccc(F)cc1Cl. The molecule has 0 fully saturated rings. The molecule has 0 aliphatic carbocycles. The van der Waals surface area contributed by atoms with Gasteiger partial charge in [0.2, 0.25) is 5.91 Å². The van der Waals surface area contributed by atoms with Gasteiger partial charge in [-0.05, 0) is 17.7 Å². The molecule has 0 aliphatic heterocycles. The number of hydrogen-bond acceptors (Lipinski definition) is 1. The number of nitrogens with two attached hydrogens (primary N) is 1. The summed E-state index contributed by atoms with van der Waals surface area (Å²) in [5, 5.41) is 0.230. The van der Waals surface area contributed by atoms with Crippen LogP contribution < -0.4 is 5.73 Å². The number of primary amides is 1. The minimum Gasteiger partial charge on any atom is -0.369 e. The predicted molar refractivity (Wildman–Crippen MR) is 51.6 cm³/mol. The lowest BCUT2D eigenvalue weighted by Gasteiger charge is -2.00. The van der Waals surface area contributed by atoms with Crippen LogP contribution in [-0.2, 0) is 11.2 Å². The Morgan fingerprint density at radius 3 is 2.62 bits per heavy atom. The Morgan fingerprint density at radius 1 is 1.54 bits per heavy atom. The van der Waals surface area contributed by atoms with Crippen molar-refractivity contribution in [3.63, 3.8) is 0 Å². The van der Waals surface area contributed by atoms with Gasteiger partial charge in [0, 0.05) is 5.02 Å². The molecular weight excluding hydrogens is 216 g/mol. The van der Waals surface area contributed by atoms with E-state index < -0.39 is 11.7 Å². The van der Waals surface area contributed by atoms with E-state index in [0.29, 0.717) is 5.56 Å². The van der Waals surface area contributed by atoms with Gasteiger partial charge in [0.15, 0.2) is 0 Å². The van der Waals surface area contributed by atoms with E-state index in [1.165, 1.54) is 12.1 Å². The number of carbonyl (C=O) groups excluding carboxylic acids is 1. The molecule has 72 valence electrons. The van der Waals surface area contributed by atoms with Crippen LogP contribution in [0.2, 0.25) is 5.02 Å². The second-order valence-corrected chi connectivity index (χ2v) is 2.79. The molecule has 2 N–H and O–H groups in total. The van der Waals surface area contributed by atoms with Gasteiger partial charge in [-0.25, -0.2) is 4.39 Å². The molecule has 0 atom stereocenters. The molecule has 13 heavy (non-hydrogen) atoms. The van der Waals surface area contributed by atoms with Gasteiger partial charge in [0.1, 0.15) is 5.82 Å². The van der Waals surface area contributed by atoms with E-state index in [2.05, 4.69) is 0 Å². The lowest BCUT2D eigenvalue weighted by Crippen LogP contribution is -2.13. The number of hydrogen-bond donors (Lipinski definition) is 1. The summed E-state index contributed by atoms with van der Waals surface area (Å²) in [6, 6.07) is 3.84. The Bertz CT molecular complexity index is 317. The molecule has 1 aromatic carbocycles. The lowest BCUT2D eigenvalue weighted by molar-refractivity contribution is -0.117. The molecule has 0 radical (unpaired) electrons. The zero-order valence-electron chi connectivity index (χ0n) is 6.59.